The third-order valence-electron chi connectivity index (χ3n) is 2.97. The van der Waals surface area contributed by atoms with Crippen molar-refractivity contribution >= 4 is 5.71 Å². The number of hydrogen-bond donors (Lipinski definition) is 1. The van der Waals surface area contributed by atoms with Crippen LogP contribution in [0.4, 0.5) is 0 Å². The third-order valence-corrected chi connectivity index (χ3v) is 2.97. The Morgan fingerprint density at radius 2 is 2.27 bits per heavy atom. The number of rotatable bonds is 1. The van der Waals surface area contributed by atoms with Gasteiger partial charge in [-0.2, -0.15) is 0 Å². The molecule has 0 amide bonds. The number of hydrogen-bond acceptors (Lipinski definition) is 2. The number of allylic oxidation sites excluding steroid dienone is 2. The molecule has 0 aromatic heterocycles. The third kappa shape index (κ3) is 0.971. The molecule has 2 rings (SSSR count). The fourth-order valence-electron chi connectivity index (χ4n) is 2.34. The lowest BCUT2D eigenvalue weighted by atomic mass is 9.90. The molecule has 1 saturated carbocycles. The highest BCUT2D eigenvalue weighted by atomic mass is 16.4. The molecule has 1 N–H and O–H groups in total. The number of nitrogens with zero attached hydrogens (tertiary/aromatic N) is 1. The van der Waals surface area contributed by atoms with Crippen LogP contribution in [-0.2, 0) is 0 Å². The van der Waals surface area contributed by atoms with Crippen LogP contribution >= 0.6 is 0 Å². The van der Waals surface area contributed by atoms with Crippen LogP contribution < -0.4 is 0 Å². The van der Waals surface area contributed by atoms with Crippen LogP contribution in [0.5, 0.6) is 0 Å². The molecule has 0 aromatic carbocycles. The highest BCUT2D eigenvalue weighted by Gasteiger charge is 2.37. The molecule has 0 radical (unpaired) electrons. The van der Waals surface area contributed by atoms with Crippen LogP contribution in [0.3, 0.4) is 0 Å². The standard InChI is InChI=1S/C9H13NO/c1-6(10-11)9-5-7-2-3-8(9)4-7/h2-3,7-9,11H,4-5H2,1H3/b10-6+/t7-,8-,9-/m1/s1. The predicted molar refractivity (Wildman–Crippen MR) is 43.7 cm³/mol. The topological polar surface area (TPSA) is 32.6 Å². The van der Waals surface area contributed by atoms with Gasteiger partial charge < -0.3 is 5.21 Å². The molecular weight excluding hydrogens is 138 g/mol. The van der Waals surface area contributed by atoms with E-state index in [0.717, 1.165) is 11.6 Å². The lowest BCUT2D eigenvalue weighted by Gasteiger charge is -2.15. The zero-order valence-electron chi connectivity index (χ0n) is 6.70. The summed E-state index contributed by atoms with van der Waals surface area (Å²) in [5.74, 6) is 1.95. The average Bonchev–Trinajstić information content (AvgIpc) is 2.62. The van der Waals surface area contributed by atoms with Crippen LogP contribution in [0, 0.1) is 17.8 Å². The summed E-state index contributed by atoms with van der Waals surface area (Å²) in [5, 5.41) is 11.9. The molecule has 1 fully saturated rings. The molecule has 0 aromatic rings. The van der Waals surface area contributed by atoms with E-state index in [1.165, 1.54) is 12.8 Å². The molecule has 0 aliphatic heterocycles. The Morgan fingerprint density at radius 1 is 1.45 bits per heavy atom. The molecule has 60 valence electrons. The average molecular weight is 151 g/mol. The molecule has 2 aliphatic carbocycles. The van der Waals surface area contributed by atoms with Gasteiger partial charge in [-0.05, 0) is 31.6 Å². The van der Waals surface area contributed by atoms with Crippen molar-refractivity contribution in [2.75, 3.05) is 0 Å². The highest BCUT2D eigenvalue weighted by molar-refractivity contribution is 5.84. The van der Waals surface area contributed by atoms with Gasteiger partial charge in [-0.15, -0.1) is 0 Å². The second-order valence-electron chi connectivity index (χ2n) is 3.63. The summed E-state index contributed by atoms with van der Waals surface area (Å²) >= 11 is 0. The summed E-state index contributed by atoms with van der Waals surface area (Å²) < 4.78 is 0. The SMILES string of the molecule is C/C(=N\O)[C@H]1C[C@@H]2C=C[C@@H]1C2. The van der Waals surface area contributed by atoms with Gasteiger partial charge in [0.05, 0.1) is 5.71 Å². The van der Waals surface area contributed by atoms with E-state index in [-0.39, 0.29) is 0 Å². The van der Waals surface area contributed by atoms with Crippen LogP contribution in [-0.4, -0.2) is 10.9 Å². The number of fused-ring (bicyclic) bond motifs is 2. The molecule has 0 heterocycles. The molecule has 0 spiro atoms. The number of oxime groups is 1. The van der Waals surface area contributed by atoms with E-state index >= 15 is 0 Å². The minimum Gasteiger partial charge on any atom is -0.411 e. The lowest BCUT2D eigenvalue weighted by molar-refractivity contribution is 0.312. The maximum Gasteiger partial charge on any atom is 0.0576 e. The summed E-state index contributed by atoms with van der Waals surface area (Å²) in [7, 11) is 0. The van der Waals surface area contributed by atoms with E-state index < -0.39 is 0 Å². The Kier molecular flexibility index (Phi) is 1.48. The molecule has 11 heavy (non-hydrogen) atoms. The van der Waals surface area contributed by atoms with Crippen molar-refractivity contribution in [1.82, 2.24) is 0 Å². The molecule has 2 bridgehead atoms. The van der Waals surface area contributed by atoms with Crippen LogP contribution in [0.25, 0.3) is 0 Å². The van der Waals surface area contributed by atoms with E-state index in [2.05, 4.69) is 17.3 Å². The Balaban J connectivity index is 2.14. The zero-order valence-corrected chi connectivity index (χ0v) is 6.70. The van der Waals surface area contributed by atoms with Crippen LogP contribution in [0.1, 0.15) is 19.8 Å². The largest absolute Gasteiger partial charge is 0.411 e. The first-order valence-electron chi connectivity index (χ1n) is 4.18. The quantitative estimate of drug-likeness (QED) is 0.264. The Labute approximate surface area is 66.6 Å². The minimum absolute atomic E-state index is 0.523. The maximum absolute atomic E-state index is 8.59. The van der Waals surface area contributed by atoms with Crippen molar-refractivity contribution < 1.29 is 5.21 Å². The van der Waals surface area contributed by atoms with E-state index in [4.69, 9.17) is 5.21 Å². The summed E-state index contributed by atoms with van der Waals surface area (Å²) in [4.78, 5) is 0. The molecule has 0 saturated heterocycles. The molecular formula is C9H13NO. The van der Waals surface area contributed by atoms with Gasteiger partial charge in [-0.3, -0.25) is 0 Å². The van der Waals surface area contributed by atoms with Crippen molar-refractivity contribution in [3.05, 3.63) is 12.2 Å². The second-order valence-corrected chi connectivity index (χ2v) is 3.63. The van der Waals surface area contributed by atoms with Gasteiger partial charge in [0.1, 0.15) is 0 Å². The van der Waals surface area contributed by atoms with E-state index in [1.807, 2.05) is 6.92 Å². The zero-order chi connectivity index (χ0) is 7.84. The fourth-order valence-corrected chi connectivity index (χ4v) is 2.34. The predicted octanol–water partition coefficient (Wildman–Crippen LogP) is 2.05. The van der Waals surface area contributed by atoms with E-state index in [0.29, 0.717) is 11.8 Å². The minimum atomic E-state index is 0.523. The molecule has 0 unspecified atom stereocenters. The first-order valence-corrected chi connectivity index (χ1v) is 4.18. The fraction of sp³-hybridized carbons (Fsp3) is 0.667. The Morgan fingerprint density at radius 3 is 2.73 bits per heavy atom. The van der Waals surface area contributed by atoms with Gasteiger partial charge in [-0.25, -0.2) is 0 Å². The van der Waals surface area contributed by atoms with Crippen molar-refractivity contribution in [3.8, 4) is 0 Å². The first-order chi connectivity index (χ1) is 5.31. The second kappa shape index (κ2) is 2.36. The van der Waals surface area contributed by atoms with E-state index in [9.17, 15) is 0 Å². The van der Waals surface area contributed by atoms with Gasteiger partial charge in [0.2, 0.25) is 0 Å². The van der Waals surface area contributed by atoms with Gasteiger partial charge in [0.15, 0.2) is 0 Å². The first kappa shape index (κ1) is 6.89. The molecule has 2 heteroatoms. The Bertz CT molecular complexity index is 220. The summed E-state index contributed by atoms with van der Waals surface area (Å²) in [5.41, 5.74) is 0.904. The summed E-state index contributed by atoms with van der Waals surface area (Å²) in [6, 6.07) is 0. The van der Waals surface area contributed by atoms with Crippen molar-refractivity contribution in [2.24, 2.45) is 22.9 Å². The maximum atomic E-state index is 8.59. The lowest BCUT2D eigenvalue weighted by Crippen LogP contribution is -2.15. The van der Waals surface area contributed by atoms with Gasteiger partial charge in [0.25, 0.3) is 0 Å². The van der Waals surface area contributed by atoms with Crippen molar-refractivity contribution in [3.63, 3.8) is 0 Å². The van der Waals surface area contributed by atoms with Crippen LogP contribution in [0.15, 0.2) is 17.3 Å². The monoisotopic (exact) mass is 151 g/mol. The highest BCUT2D eigenvalue weighted by Crippen LogP contribution is 2.43. The van der Waals surface area contributed by atoms with Gasteiger partial charge >= 0.3 is 0 Å². The summed E-state index contributed by atoms with van der Waals surface area (Å²) in [6.45, 7) is 1.92. The molecule has 2 aliphatic rings. The van der Waals surface area contributed by atoms with Crippen LogP contribution in [0.2, 0.25) is 0 Å². The van der Waals surface area contributed by atoms with E-state index in [1.54, 1.807) is 0 Å². The smallest absolute Gasteiger partial charge is 0.0576 e. The summed E-state index contributed by atoms with van der Waals surface area (Å²) in [6.07, 6.45) is 7.04. The van der Waals surface area contributed by atoms with Crippen molar-refractivity contribution in [1.29, 1.82) is 0 Å². The Hall–Kier alpha value is -0.790. The molecule has 3 atom stereocenters. The van der Waals surface area contributed by atoms with Gasteiger partial charge in [0, 0.05) is 5.92 Å². The normalized spacial score (nSPS) is 41.9. The molecule has 2 nitrogen and oxygen atoms in total. The van der Waals surface area contributed by atoms with Crippen molar-refractivity contribution in [2.45, 2.75) is 19.8 Å². The van der Waals surface area contributed by atoms with Gasteiger partial charge in [-0.1, -0.05) is 17.3 Å².